The molecule has 0 saturated carbocycles. The molecule has 2 heterocycles. The van der Waals surface area contributed by atoms with Crippen molar-refractivity contribution in [2.45, 2.75) is 26.3 Å². The number of rotatable bonds is 5. The van der Waals surface area contributed by atoms with Crippen LogP contribution in [-0.4, -0.2) is 36.1 Å². The highest BCUT2D eigenvalue weighted by atomic mass is 16.5. The van der Waals surface area contributed by atoms with Crippen LogP contribution in [0.4, 0.5) is 5.95 Å². The maximum atomic E-state index is 12.3. The van der Waals surface area contributed by atoms with E-state index in [0.29, 0.717) is 24.0 Å². The largest absolute Gasteiger partial charge is 0.496 e. The van der Waals surface area contributed by atoms with Gasteiger partial charge in [0.2, 0.25) is 5.95 Å². The van der Waals surface area contributed by atoms with Gasteiger partial charge in [0, 0.05) is 37.6 Å². The van der Waals surface area contributed by atoms with Crippen LogP contribution in [-0.2, 0) is 6.54 Å². The number of aromatic nitrogens is 2. The molecule has 1 aromatic heterocycles. The van der Waals surface area contributed by atoms with Crippen molar-refractivity contribution in [3.63, 3.8) is 0 Å². The van der Waals surface area contributed by atoms with E-state index in [4.69, 9.17) is 4.74 Å². The maximum Gasteiger partial charge on any atom is 0.254 e. The molecule has 2 aromatic rings. The molecule has 1 aromatic carbocycles. The lowest BCUT2D eigenvalue weighted by molar-refractivity contribution is 0.0950. The van der Waals surface area contributed by atoms with E-state index in [1.54, 1.807) is 19.5 Å². The molecule has 0 bridgehead atoms. The van der Waals surface area contributed by atoms with Gasteiger partial charge < -0.3 is 15.0 Å². The number of anilines is 1. The van der Waals surface area contributed by atoms with Crippen LogP contribution in [0.3, 0.4) is 0 Å². The van der Waals surface area contributed by atoms with Crippen LogP contribution in [0.1, 0.15) is 35.7 Å². The Balaban J connectivity index is 1.61. The number of piperidine rings is 1. The predicted molar refractivity (Wildman–Crippen MR) is 96.8 cm³/mol. The Kier molecular flexibility index (Phi) is 5.48. The SMILES string of the molecule is COc1ccccc1CNC(=O)c1cnc(N2CCCC(C)C2)nc1. The number of hydrogen-bond acceptors (Lipinski definition) is 5. The summed E-state index contributed by atoms with van der Waals surface area (Å²) in [6.07, 6.45) is 5.60. The fourth-order valence-electron chi connectivity index (χ4n) is 3.10. The Morgan fingerprint density at radius 1 is 1.32 bits per heavy atom. The molecule has 1 saturated heterocycles. The molecule has 1 amide bonds. The van der Waals surface area contributed by atoms with E-state index in [1.165, 1.54) is 6.42 Å². The number of para-hydroxylation sites is 1. The van der Waals surface area contributed by atoms with Crippen LogP contribution < -0.4 is 15.0 Å². The zero-order valence-electron chi connectivity index (χ0n) is 14.7. The second-order valence-corrected chi connectivity index (χ2v) is 6.46. The van der Waals surface area contributed by atoms with Gasteiger partial charge in [-0.25, -0.2) is 9.97 Å². The molecule has 6 nitrogen and oxygen atoms in total. The minimum atomic E-state index is -0.190. The Morgan fingerprint density at radius 2 is 2.08 bits per heavy atom. The highest BCUT2D eigenvalue weighted by Crippen LogP contribution is 2.20. The standard InChI is InChI=1S/C19H24N4O2/c1-14-6-5-9-23(13-14)19-21-11-16(12-22-19)18(24)20-10-15-7-3-4-8-17(15)25-2/h3-4,7-8,11-12,14H,5-6,9-10,13H2,1-2H3,(H,20,24). The van der Waals surface area contributed by atoms with Crippen molar-refractivity contribution in [1.82, 2.24) is 15.3 Å². The zero-order chi connectivity index (χ0) is 17.6. The van der Waals surface area contributed by atoms with Gasteiger partial charge in [-0.05, 0) is 24.8 Å². The van der Waals surface area contributed by atoms with Gasteiger partial charge >= 0.3 is 0 Å². The van der Waals surface area contributed by atoms with Crippen molar-refractivity contribution < 1.29 is 9.53 Å². The van der Waals surface area contributed by atoms with Crippen LogP contribution in [0.5, 0.6) is 5.75 Å². The monoisotopic (exact) mass is 340 g/mol. The second kappa shape index (κ2) is 7.96. The number of carbonyl (C=O) groups is 1. The summed E-state index contributed by atoms with van der Waals surface area (Å²) in [4.78, 5) is 23.2. The van der Waals surface area contributed by atoms with Gasteiger partial charge in [0.1, 0.15) is 5.75 Å². The predicted octanol–water partition coefficient (Wildman–Crippen LogP) is 2.65. The number of methoxy groups -OCH3 is 1. The van der Waals surface area contributed by atoms with Crippen LogP contribution in [0.15, 0.2) is 36.7 Å². The summed E-state index contributed by atoms with van der Waals surface area (Å²) in [6.45, 7) is 4.59. The minimum absolute atomic E-state index is 0.190. The van der Waals surface area contributed by atoms with Crippen LogP contribution >= 0.6 is 0 Å². The van der Waals surface area contributed by atoms with E-state index < -0.39 is 0 Å². The lowest BCUT2D eigenvalue weighted by Gasteiger charge is -2.30. The lowest BCUT2D eigenvalue weighted by Crippen LogP contribution is -2.35. The molecule has 1 atom stereocenters. The van der Waals surface area contributed by atoms with Crippen molar-refractivity contribution >= 4 is 11.9 Å². The molecule has 0 radical (unpaired) electrons. The highest BCUT2D eigenvalue weighted by molar-refractivity contribution is 5.93. The average Bonchev–Trinajstić information content (AvgIpc) is 2.66. The minimum Gasteiger partial charge on any atom is -0.496 e. The third kappa shape index (κ3) is 4.26. The first kappa shape index (κ1) is 17.2. The summed E-state index contributed by atoms with van der Waals surface area (Å²) in [5.41, 5.74) is 1.39. The second-order valence-electron chi connectivity index (χ2n) is 6.46. The normalized spacial score (nSPS) is 17.2. The van der Waals surface area contributed by atoms with Gasteiger partial charge in [0.25, 0.3) is 5.91 Å². The smallest absolute Gasteiger partial charge is 0.254 e. The molecule has 0 spiro atoms. The van der Waals surface area contributed by atoms with Gasteiger partial charge in [0.05, 0.1) is 12.7 Å². The molecular weight excluding hydrogens is 316 g/mol. The number of benzene rings is 1. The van der Waals surface area contributed by atoms with Crippen LogP contribution in [0, 0.1) is 5.92 Å². The van der Waals surface area contributed by atoms with E-state index in [0.717, 1.165) is 30.8 Å². The number of amides is 1. The Morgan fingerprint density at radius 3 is 2.80 bits per heavy atom. The zero-order valence-corrected chi connectivity index (χ0v) is 14.7. The topological polar surface area (TPSA) is 67.3 Å². The van der Waals surface area contributed by atoms with Gasteiger partial charge in [-0.15, -0.1) is 0 Å². The summed E-state index contributed by atoms with van der Waals surface area (Å²) >= 11 is 0. The molecule has 3 rings (SSSR count). The van der Waals surface area contributed by atoms with Gasteiger partial charge in [-0.3, -0.25) is 4.79 Å². The van der Waals surface area contributed by atoms with Crippen molar-refractivity contribution in [1.29, 1.82) is 0 Å². The third-order valence-electron chi connectivity index (χ3n) is 4.47. The molecule has 132 valence electrons. The van der Waals surface area contributed by atoms with E-state index in [-0.39, 0.29) is 5.91 Å². The first-order valence-electron chi connectivity index (χ1n) is 8.64. The number of carbonyl (C=O) groups excluding carboxylic acids is 1. The maximum absolute atomic E-state index is 12.3. The molecule has 0 aliphatic carbocycles. The summed E-state index contributed by atoms with van der Waals surface area (Å²) in [7, 11) is 1.62. The molecule has 1 fully saturated rings. The Labute approximate surface area is 148 Å². The molecule has 25 heavy (non-hydrogen) atoms. The third-order valence-corrected chi connectivity index (χ3v) is 4.47. The summed E-state index contributed by atoms with van der Waals surface area (Å²) < 4.78 is 5.29. The summed E-state index contributed by atoms with van der Waals surface area (Å²) in [5, 5.41) is 2.88. The number of ether oxygens (including phenoxy) is 1. The fraction of sp³-hybridized carbons (Fsp3) is 0.421. The Bertz CT molecular complexity index is 718. The van der Waals surface area contributed by atoms with Crippen molar-refractivity contribution in [3.05, 3.63) is 47.8 Å². The molecule has 1 N–H and O–H groups in total. The van der Waals surface area contributed by atoms with Crippen molar-refractivity contribution in [2.24, 2.45) is 5.92 Å². The van der Waals surface area contributed by atoms with Gasteiger partial charge in [-0.1, -0.05) is 25.1 Å². The van der Waals surface area contributed by atoms with Crippen LogP contribution in [0.2, 0.25) is 0 Å². The fourth-order valence-corrected chi connectivity index (χ4v) is 3.10. The van der Waals surface area contributed by atoms with E-state index in [2.05, 4.69) is 27.1 Å². The van der Waals surface area contributed by atoms with Gasteiger partial charge in [0.15, 0.2) is 0 Å². The molecule has 1 aliphatic rings. The average molecular weight is 340 g/mol. The van der Waals surface area contributed by atoms with Gasteiger partial charge in [-0.2, -0.15) is 0 Å². The first-order chi connectivity index (χ1) is 12.2. The highest BCUT2D eigenvalue weighted by Gasteiger charge is 2.19. The molecular formula is C19H24N4O2. The summed E-state index contributed by atoms with van der Waals surface area (Å²) in [5.74, 6) is 1.92. The van der Waals surface area contributed by atoms with E-state index in [1.807, 2.05) is 24.3 Å². The van der Waals surface area contributed by atoms with Crippen molar-refractivity contribution in [3.8, 4) is 5.75 Å². The van der Waals surface area contributed by atoms with Crippen LogP contribution in [0.25, 0.3) is 0 Å². The first-order valence-corrected chi connectivity index (χ1v) is 8.64. The number of hydrogen-bond donors (Lipinski definition) is 1. The molecule has 6 heteroatoms. The number of nitrogens with zero attached hydrogens (tertiary/aromatic N) is 3. The summed E-state index contributed by atoms with van der Waals surface area (Å²) in [6, 6.07) is 7.62. The van der Waals surface area contributed by atoms with Crippen molar-refractivity contribution in [2.75, 3.05) is 25.1 Å². The number of nitrogens with one attached hydrogen (secondary N) is 1. The molecule has 1 aliphatic heterocycles. The lowest BCUT2D eigenvalue weighted by atomic mass is 10.0. The van der Waals surface area contributed by atoms with E-state index in [9.17, 15) is 4.79 Å². The molecule has 1 unspecified atom stereocenters. The Hall–Kier alpha value is -2.63. The van der Waals surface area contributed by atoms with E-state index >= 15 is 0 Å². The quantitative estimate of drug-likeness (QED) is 0.906.